The van der Waals surface area contributed by atoms with E-state index in [1.165, 1.54) is 18.0 Å². The second-order valence-corrected chi connectivity index (χ2v) is 7.60. The lowest BCUT2D eigenvalue weighted by molar-refractivity contribution is -0.192. The number of hydrogen-bond donors (Lipinski definition) is 2. The predicted octanol–water partition coefficient (Wildman–Crippen LogP) is 1.97. The number of nitrogens with zero attached hydrogens (tertiary/aromatic N) is 3. The molecule has 0 spiro atoms. The first-order chi connectivity index (χ1) is 15.2. The van der Waals surface area contributed by atoms with Gasteiger partial charge in [-0.05, 0) is 31.0 Å². The first-order valence-corrected chi connectivity index (χ1v) is 9.94. The van der Waals surface area contributed by atoms with Crippen LogP contribution in [-0.2, 0) is 16.1 Å². The smallest absolute Gasteiger partial charge is 0.475 e. The van der Waals surface area contributed by atoms with E-state index < -0.39 is 12.1 Å². The number of hydrogen-bond acceptors (Lipinski definition) is 7. The summed E-state index contributed by atoms with van der Waals surface area (Å²) in [5, 5.41) is 17.5. The summed E-state index contributed by atoms with van der Waals surface area (Å²) in [5.74, 6) is -1.84. The zero-order valence-corrected chi connectivity index (χ0v) is 17.0. The van der Waals surface area contributed by atoms with Crippen LogP contribution in [0.1, 0.15) is 22.3 Å². The SMILES string of the molecule is O=C(NC[C@@H]1OC[C@H]2CN(Cc3ccoc3)CC[C@H]21)c1ccnnc1.O=C(O)C(F)(F)F. The highest BCUT2D eigenvalue weighted by atomic mass is 19.4. The van der Waals surface area contributed by atoms with Crippen molar-refractivity contribution < 1.29 is 37.0 Å². The van der Waals surface area contributed by atoms with E-state index in [0.717, 1.165) is 32.7 Å². The Labute approximate surface area is 181 Å². The second kappa shape index (κ2) is 10.6. The number of carbonyl (C=O) groups excluding carboxylic acids is 1. The van der Waals surface area contributed by atoms with Gasteiger partial charge in [0, 0.05) is 31.1 Å². The Kier molecular flexibility index (Phi) is 7.80. The van der Waals surface area contributed by atoms with Gasteiger partial charge in [0.2, 0.25) is 0 Å². The van der Waals surface area contributed by atoms with E-state index >= 15 is 0 Å². The van der Waals surface area contributed by atoms with Crippen molar-refractivity contribution in [3.05, 3.63) is 48.2 Å². The van der Waals surface area contributed by atoms with Crippen LogP contribution in [0.3, 0.4) is 0 Å². The number of furan rings is 1. The average Bonchev–Trinajstić information content (AvgIpc) is 3.42. The van der Waals surface area contributed by atoms with E-state index in [1.807, 2.05) is 12.3 Å². The maximum absolute atomic E-state index is 12.1. The van der Waals surface area contributed by atoms with Crippen LogP contribution in [0.2, 0.25) is 0 Å². The Morgan fingerprint density at radius 3 is 2.69 bits per heavy atom. The molecular formula is C20H23F3N4O5. The van der Waals surface area contributed by atoms with Crippen LogP contribution >= 0.6 is 0 Å². The molecule has 1 amide bonds. The van der Waals surface area contributed by atoms with Gasteiger partial charge in [-0.1, -0.05) is 0 Å². The molecule has 0 saturated carbocycles. The molecule has 32 heavy (non-hydrogen) atoms. The molecule has 3 atom stereocenters. The van der Waals surface area contributed by atoms with Crippen LogP contribution in [0.25, 0.3) is 0 Å². The summed E-state index contributed by atoms with van der Waals surface area (Å²) in [4.78, 5) is 23.5. The summed E-state index contributed by atoms with van der Waals surface area (Å²) in [7, 11) is 0. The van der Waals surface area contributed by atoms with Gasteiger partial charge < -0.3 is 19.6 Å². The number of ether oxygens (including phenoxy) is 1. The van der Waals surface area contributed by atoms with Gasteiger partial charge in [-0.25, -0.2) is 4.79 Å². The highest BCUT2D eigenvalue weighted by molar-refractivity contribution is 5.93. The number of rotatable bonds is 5. The number of nitrogens with one attached hydrogen (secondary N) is 1. The molecule has 0 radical (unpaired) electrons. The number of carboxylic acid groups (broad SMARTS) is 1. The maximum atomic E-state index is 12.1. The minimum absolute atomic E-state index is 0.0971. The van der Waals surface area contributed by atoms with Crippen molar-refractivity contribution >= 4 is 11.9 Å². The molecule has 174 valence electrons. The van der Waals surface area contributed by atoms with Gasteiger partial charge >= 0.3 is 12.1 Å². The number of amides is 1. The lowest BCUT2D eigenvalue weighted by atomic mass is 9.84. The van der Waals surface area contributed by atoms with E-state index in [4.69, 9.17) is 19.1 Å². The molecular weight excluding hydrogens is 433 g/mol. The summed E-state index contributed by atoms with van der Waals surface area (Å²) >= 11 is 0. The minimum atomic E-state index is -5.08. The summed E-state index contributed by atoms with van der Waals surface area (Å²) in [6, 6.07) is 3.68. The van der Waals surface area contributed by atoms with Crippen molar-refractivity contribution in [1.82, 2.24) is 20.4 Å². The molecule has 2 aliphatic rings. The lowest BCUT2D eigenvalue weighted by Crippen LogP contribution is -2.43. The topological polar surface area (TPSA) is 118 Å². The highest BCUT2D eigenvalue weighted by Gasteiger charge is 2.40. The minimum Gasteiger partial charge on any atom is -0.475 e. The van der Waals surface area contributed by atoms with Gasteiger partial charge in [0.15, 0.2) is 0 Å². The summed E-state index contributed by atoms with van der Waals surface area (Å²) in [6.45, 7) is 4.33. The molecule has 0 unspecified atom stereocenters. The number of piperidine rings is 1. The molecule has 0 bridgehead atoms. The van der Waals surface area contributed by atoms with Gasteiger partial charge in [0.25, 0.3) is 5.91 Å². The fourth-order valence-electron chi connectivity index (χ4n) is 3.88. The highest BCUT2D eigenvalue weighted by Crippen LogP contribution is 2.34. The van der Waals surface area contributed by atoms with Crippen LogP contribution in [-0.4, -0.2) is 70.6 Å². The normalized spacial score (nSPS) is 23.0. The predicted molar refractivity (Wildman–Crippen MR) is 103 cm³/mol. The van der Waals surface area contributed by atoms with Gasteiger partial charge in [-0.2, -0.15) is 23.4 Å². The number of halogens is 3. The Morgan fingerprint density at radius 1 is 1.28 bits per heavy atom. The van der Waals surface area contributed by atoms with Crippen LogP contribution in [0, 0.1) is 11.8 Å². The Bertz CT molecular complexity index is 879. The van der Waals surface area contributed by atoms with E-state index in [0.29, 0.717) is 23.9 Å². The molecule has 2 N–H and O–H groups in total. The van der Waals surface area contributed by atoms with Crippen molar-refractivity contribution in [3.63, 3.8) is 0 Å². The molecule has 2 aromatic rings. The molecule has 2 aromatic heterocycles. The molecule has 9 nitrogen and oxygen atoms in total. The molecule has 4 rings (SSSR count). The van der Waals surface area contributed by atoms with Crippen molar-refractivity contribution in [1.29, 1.82) is 0 Å². The number of aliphatic carboxylic acids is 1. The molecule has 2 saturated heterocycles. The number of fused-ring (bicyclic) bond motifs is 1. The molecule has 4 heterocycles. The zero-order chi connectivity index (χ0) is 23.1. The van der Waals surface area contributed by atoms with Gasteiger partial charge in [-0.3, -0.25) is 9.69 Å². The first kappa shape index (κ1) is 23.7. The number of aromatic nitrogens is 2. The standard InChI is InChI=1S/C18H22N4O3.C2HF3O2/c23-18(14-1-4-20-21-7-14)19-8-17-16-2-5-22(10-15(16)12-25-17)9-13-3-6-24-11-13;3-2(4,5)1(6)7/h1,3-4,6-7,11,15-17H,2,5,8-10,12H2,(H,19,23);(H,6,7)/t15-,16-,17+;/m1./s1. The van der Waals surface area contributed by atoms with Gasteiger partial charge in [-0.15, -0.1) is 0 Å². The van der Waals surface area contributed by atoms with E-state index in [1.54, 1.807) is 12.3 Å². The summed E-state index contributed by atoms with van der Waals surface area (Å²) < 4.78 is 42.9. The van der Waals surface area contributed by atoms with Crippen molar-refractivity contribution in [2.75, 3.05) is 26.2 Å². The van der Waals surface area contributed by atoms with Crippen LogP contribution in [0.5, 0.6) is 0 Å². The number of likely N-dealkylation sites (tertiary alicyclic amines) is 1. The number of carbonyl (C=O) groups is 2. The Hall–Kier alpha value is -2.99. The average molecular weight is 456 g/mol. The van der Waals surface area contributed by atoms with Crippen LogP contribution < -0.4 is 5.32 Å². The largest absolute Gasteiger partial charge is 0.490 e. The summed E-state index contributed by atoms with van der Waals surface area (Å²) in [6.07, 6.45) is 2.63. The van der Waals surface area contributed by atoms with Gasteiger partial charge in [0.1, 0.15) is 0 Å². The molecule has 0 aliphatic carbocycles. The third-order valence-corrected chi connectivity index (χ3v) is 5.42. The van der Waals surface area contributed by atoms with Crippen LogP contribution in [0.4, 0.5) is 13.2 Å². The molecule has 2 aliphatic heterocycles. The third kappa shape index (κ3) is 6.50. The molecule has 12 heteroatoms. The Balaban J connectivity index is 0.000000360. The molecule has 2 fully saturated rings. The third-order valence-electron chi connectivity index (χ3n) is 5.42. The van der Waals surface area contributed by atoms with E-state index in [-0.39, 0.29) is 12.0 Å². The first-order valence-electron chi connectivity index (χ1n) is 9.94. The van der Waals surface area contributed by atoms with Crippen molar-refractivity contribution in [2.45, 2.75) is 25.2 Å². The Morgan fingerprint density at radius 2 is 2.06 bits per heavy atom. The number of carboxylic acids is 1. The van der Waals surface area contributed by atoms with Gasteiger partial charge in [0.05, 0.1) is 43.2 Å². The van der Waals surface area contributed by atoms with Crippen LogP contribution in [0.15, 0.2) is 41.5 Å². The quantitative estimate of drug-likeness (QED) is 0.701. The summed E-state index contributed by atoms with van der Waals surface area (Å²) in [5.41, 5.74) is 1.74. The van der Waals surface area contributed by atoms with E-state index in [2.05, 4.69) is 20.4 Å². The van der Waals surface area contributed by atoms with E-state index in [9.17, 15) is 18.0 Å². The number of alkyl halides is 3. The maximum Gasteiger partial charge on any atom is 0.490 e. The lowest BCUT2D eigenvalue weighted by Gasteiger charge is -2.35. The monoisotopic (exact) mass is 456 g/mol. The van der Waals surface area contributed by atoms with Crippen molar-refractivity contribution in [2.24, 2.45) is 11.8 Å². The second-order valence-electron chi connectivity index (χ2n) is 7.60. The fraction of sp³-hybridized carbons (Fsp3) is 0.500. The molecule has 0 aromatic carbocycles. The zero-order valence-electron chi connectivity index (χ0n) is 17.0. The fourth-order valence-corrected chi connectivity index (χ4v) is 3.88. The van der Waals surface area contributed by atoms with Crippen molar-refractivity contribution in [3.8, 4) is 0 Å².